The van der Waals surface area contributed by atoms with E-state index < -0.39 is 0 Å². The molecule has 0 saturated carbocycles. The summed E-state index contributed by atoms with van der Waals surface area (Å²) in [7, 11) is 2.05. The summed E-state index contributed by atoms with van der Waals surface area (Å²) < 4.78 is 1.19. The predicted molar refractivity (Wildman–Crippen MR) is 63.6 cm³/mol. The molecule has 0 saturated heterocycles. The molecule has 76 valence electrons. The first-order valence-corrected chi connectivity index (χ1v) is 5.98. The number of hydrogen-bond acceptors (Lipinski definition) is 1. The first kappa shape index (κ1) is 10.2. The molecule has 0 heterocycles. The Balaban J connectivity index is 2.45. The normalized spacial score (nSPS) is 25.9. The van der Waals surface area contributed by atoms with E-state index in [1.54, 1.807) is 0 Å². The zero-order valence-corrected chi connectivity index (χ0v) is 10.3. The molecular weight excluding hydrogens is 238 g/mol. The highest BCUT2D eigenvalue weighted by Crippen LogP contribution is 2.38. The van der Waals surface area contributed by atoms with Gasteiger partial charge in [0.05, 0.1) is 0 Å². The van der Waals surface area contributed by atoms with Crippen molar-refractivity contribution in [2.75, 3.05) is 7.05 Å². The molecule has 1 aliphatic rings. The number of halogens is 1. The van der Waals surface area contributed by atoms with Crippen LogP contribution in [0.15, 0.2) is 22.7 Å². The maximum Gasteiger partial charge on any atom is 0.0320 e. The Hall–Kier alpha value is -0.340. The molecule has 1 aromatic carbocycles. The van der Waals surface area contributed by atoms with Crippen LogP contribution in [0.1, 0.15) is 42.9 Å². The van der Waals surface area contributed by atoms with E-state index in [0.29, 0.717) is 12.0 Å². The van der Waals surface area contributed by atoms with E-state index in [1.807, 2.05) is 7.05 Å². The Morgan fingerprint density at radius 3 is 2.79 bits per heavy atom. The van der Waals surface area contributed by atoms with Crippen LogP contribution in [-0.4, -0.2) is 7.05 Å². The van der Waals surface area contributed by atoms with Crippen LogP contribution < -0.4 is 5.32 Å². The number of nitrogens with one attached hydrogen (secondary N) is 1. The van der Waals surface area contributed by atoms with Crippen LogP contribution in [0.25, 0.3) is 0 Å². The Morgan fingerprint density at radius 1 is 1.29 bits per heavy atom. The van der Waals surface area contributed by atoms with Crippen molar-refractivity contribution in [3.05, 3.63) is 33.8 Å². The third-order valence-corrected chi connectivity index (χ3v) is 3.69. The van der Waals surface area contributed by atoms with Crippen LogP contribution in [-0.2, 0) is 0 Å². The molecule has 14 heavy (non-hydrogen) atoms. The van der Waals surface area contributed by atoms with Crippen molar-refractivity contribution >= 4 is 15.9 Å². The highest BCUT2D eigenvalue weighted by molar-refractivity contribution is 9.10. The molecule has 2 rings (SSSR count). The fourth-order valence-corrected chi connectivity index (χ4v) is 2.70. The molecular formula is C12H16BrN. The van der Waals surface area contributed by atoms with E-state index in [1.165, 1.54) is 28.4 Å². The van der Waals surface area contributed by atoms with Crippen LogP contribution >= 0.6 is 15.9 Å². The smallest absolute Gasteiger partial charge is 0.0320 e. The fourth-order valence-electron chi connectivity index (χ4n) is 2.32. The van der Waals surface area contributed by atoms with Crippen molar-refractivity contribution < 1.29 is 0 Å². The van der Waals surface area contributed by atoms with E-state index >= 15 is 0 Å². The molecule has 2 unspecified atom stereocenters. The Labute approximate surface area is 94.0 Å². The lowest BCUT2D eigenvalue weighted by Crippen LogP contribution is -2.22. The summed E-state index contributed by atoms with van der Waals surface area (Å²) in [5.41, 5.74) is 2.99. The summed E-state index contributed by atoms with van der Waals surface area (Å²) in [6.07, 6.45) is 2.54. The summed E-state index contributed by atoms with van der Waals surface area (Å²) in [5, 5.41) is 3.38. The van der Waals surface area contributed by atoms with Gasteiger partial charge < -0.3 is 5.32 Å². The van der Waals surface area contributed by atoms with Crippen molar-refractivity contribution in [1.82, 2.24) is 5.32 Å². The quantitative estimate of drug-likeness (QED) is 0.807. The minimum absolute atomic E-state index is 0.550. The van der Waals surface area contributed by atoms with Crippen LogP contribution in [0.3, 0.4) is 0 Å². The summed E-state index contributed by atoms with van der Waals surface area (Å²) >= 11 is 3.54. The van der Waals surface area contributed by atoms with Gasteiger partial charge in [-0.2, -0.15) is 0 Å². The molecule has 0 aromatic heterocycles. The Morgan fingerprint density at radius 2 is 2.07 bits per heavy atom. The monoisotopic (exact) mass is 253 g/mol. The Kier molecular flexibility index (Phi) is 2.93. The molecule has 1 aromatic rings. The van der Waals surface area contributed by atoms with E-state index in [4.69, 9.17) is 0 Å². The van der Waals surface area contributed by atoms with Crippen molar-refractivity contribution in [2.45, 2.75) is 31.7 Å². The molecule has 2 atom stereocenters. The van der Waals surface area contributed by atoms with Gasteiger partial charge in [0.1, 0.15) is 0 Å². The number of rotatable bonds is 1. The first-order chi connectivity index (χ1) is 6.72. The molecule has 0 fully saturated rings. The zero-order chi connectivity index (χ0) is 10.1. The summed E-state index contributed by atoms with van der Waals surface area (Å²) in [6, 6.07) is 7.20. The highest BCUT2D eigenvalue weighted by Gasteiger charge is 2.23. The van der Waals surface area contributed by atoms with Gasteiger partial charge in [-0.25, -0.2) is 0 Å². The van der Waals surface area contributed by atoms with Gasteiger partial charge in [0.2, 0.25) is 0 Å². The van der Waals surface area contributed by atoms with Gasteiger partial charge in [-0.1, -0.05) is 28.9 Å². The van der Waals surface area contributed by atoms with Gasteiger partial charge in [0, 0.05) is 10.5 Å². The first-order valence-electron chi connectivity index (χ1n) is 5.19. The molecule has 2 heteroatoms. The second-order valence-corrected chi connectivity index (χ2v) is 5.01. The third-order valence-electron chi connectivity index (χ3n) is 3.19. The van der Waals surface area contributed by atoms with Crippen molar-refractivity contribution in [3.63, 3.8) is 0 Å². The molecule has 0 aliphatic heterocycles. The van der Waals surface area contributed by atoms with Crippen molar-refractivity contribution in [3.8, 4) is 0 Å². The average molecular weight is 254 g/mol. The fraction of sp³-hybridized carbons (Fsp3) is 0.500. The van der Waals surface area contributed by atoms with Gasteiger partial charge in [-0.05, 0) is 49.1 Å². The molecule has 0 amide bonds. The second-order valence-electron chi connectivity index (χ2n) is 4.09. The molecule has 0 spiro atoms. The van der Waals surface area contributed by atoms with Gasteiger partial charge in [0.25, 0.3) is 0 Å². The molecule has 0 bridgehead atoms. The highest BCUT2D eigenvalue weighted by atomic mass is 79.9. The van der Waals surface area contributed by atoms with E-state index in [-0.39, 0.29) is 0 Å². The second kappa shape index (κ2) is 4.03. The topological polar surface area (TPSA) is 12.0 Å². The SMILES string of the molecule is CNC1CCC(C)c2cc(Br)ccc21. The Bertz CT molecular complexity index is 335. The van der Waals surface area contributed by atoms with Crippen molar-refractivity contribution in [2.24, 2.45) is 0 Å². The lowest BCUT2D eigenvalue weighted by atomic mass is 9.81. The maximum atomic E-state index is 3.54. The minimum atomic E-state index is 0.550. The van der Waals surface area contributed by atoms with Gasteiger partial charge >= 0.3 is 0 Å². The predicted octanol–water partition coefficient (Wildman–Crippen LogP) is 3.61. The van der Waals surface area contributed by atoms with Crippen LogP contribution in [0.4, 0.5) is 0 Å². The van der Waals surface area contributed by atoms with Gasteiger partial charge in [-0.3, -0.25) is 0 Å². The van der Waals surface area contributed by atoms with E-state index in [9.17, 15) is 0 Å². The van der Waals surface area contributed by atoms with Gasteiger partial charge in [0.15, 0.2) is 0 Å². The summed E-state index contributed by atoms with van der Waals surface area (Å²) in [4.78, 5) is 0. The van der Waals surface area contributed by atoms with Crippen LogP contribution in [0.2, 0.25) is 0 Å². The largest absolute Gasteiger partial charge is 0.313 e. The number of fused-ring (bicyclic) bond motifs is 1. The maximum absolute atomic E-state index is 3.54. The van der Waals surface area contributed by atoms with E-state index in [2.05, 4.69) is 46.4 Å². The van der Waals surface area contributed by atoms with Crippen molar-refractivity contribution in [1.29, 1.82) is 0 Å². The number of hydrogen-bond donors (Lipinski definition) is 1. The third kappa shape index (κ3) is 1.73. The molecule has 1 nitrogen and oxygen atoms in total. The lowest BCUT2D eigenvalue weighted by Gasteiger charge is -2.29. The van der Waals surface area contributed by atoms with E-state index in [0.717, 1.165) is 0 Å². The van der Waals surface area contributed by atoms with Crippen LogP contribution in [0, 0.1) is 0 Å². The summed E-state index contributed by atoms with van der Waals surface area (Å²) in [6.45, 7) is 2.32. The zero-order valence-electron chi connectivity index (χ0n) is 8.68. The lowest BCUT2D eigenvalue weighted by molar-refractivity contribution is 0.459. The molecule has 0 radical (unpaired) electrons. The molecule has 1 aliphatic carbocycles. The standard InChI is InChI=1S/C12H16BrN/c1-8-3-6-12(14-2)10-5-4-9(13)7-11(8)10/h4-5,7-8,12,14H,3,6H2,1-2H3. The molecule has 1 N–H and O–H groups in total. The van der Waals surface area contributed by atoms with Crippen LogP contribution in [0.5, 0.6) is 0 Å². The number of benzene rings is 1. The minimum Gasteiger partial charge on any atom is -0.313 e. The van der Waals surface area contributed by atoms with Gasteiger partial charge in [-0.15, -0.1) is 0 Å². The summed E-state index contributed by atoms with van der Waals surface area (Å²) in [5.74, 6) is 0.701. The average Bonchev–Trinajstić information content (AvgIpc) is 2.19.